The Kier molecular flexibility index (Phi) is 6.06. The van der Waals surface area contributed by atoms with E-state index in [0.717, 1.165) is 0 Å². The van der Waals surface area contributed by atoms with Crippen molar-refractivity contribution in [3.63, 3.8) is 0 Å². The summed E-state index contributed by atoms with van der Waals surface area (Å²) in [6.07, 6.45) is 1.67. The lowest BCUT2D eigenvalue weighted by Gasteiger charge is -2.20. The van der Waals surface area contributed by atoms with Crippen molar-refractivity contribution in [2.24, 2.45) is 5.92 Å². The van der Waals surface area contributed by atoms with Crippen LogP contribution in [0, 0.1) is 5.92 Å². The van der Waals surface area contributed by atoms with Crippen molar-refractivity contribution in [1.29, 1.82) is 0 Å². The van der Waals surface area contributed by atoms with Gasteiger partial charge in [0.15, 0.2) is 17.0 Å². The van der Waals surface area contributed by atoms with Crippen LogP contribution in [-0.2, 0) is 0 Å². The number of anilines is 3. The largest absolute Gasteiger partial charge is 0.507 e. The van der Waals surface area contributed by atoms with E-state index in [0.29, 0.717) is 28.6 Å². The molecule has 3 aromatic rings. The van der Waals surface area contributed by atoms with Gasteiger partial charge in [-0.2, -0.15) is 9.97 Å². The van der Waals surface area contributed by atoms with Gasteiger partial charge in [0.25, 0.3) is 0 Å². The monoisotopic (exact) mass is 414 g/mol. The number of carboxylic acids is 1. The molecule has 0 aliphatic carbocycles. The Morgan fingerprint density at radius 3 is 2.53 bits per heavy atom. The molecule has 10 heteroatoms. The van der Waals surface area contributed by atoms with Gasteiger partial charge >= 0.3 is 5.97 Å². The third-order valence-electron chi connectivity index (χ3n) is 4.78. The first-order valence-electron chi connectivity index (χ1n) is 9.66. The number of fused-ring (bicyclic) bond motifs is 1. The molecule has 1 unspecified atom stereocenters. The van der Waals surface area contributed by atoms with Gasteiger partial charge in [0.05, 0.1) is 19.0 Å². The van der Waals surface area contributed by atoms with Gasteiger partial charge < -0.3 is 30.5 Å². The van der Waals surface area contributed by atoms with Crippen molar-refractivity contribution in [2.75, 3.05) is 17.2 Å². The number of aromatic nitrogens is 4. The van der Waals surface area contributed by atoms with E-state index in [4.69, 9.17) is 0 Å². The van der Waals surface area contributed by atoms with Crippen LogP contribution in [0.1, 0.15) is 44.1 Å². The third-order valence-corrected chi connectivity index (χ3v) is 4.78. The molecule has 5 N–H and O–H groups in total. The third kappa shape index (κ3) is 4.28. The van der Waals surface area contributed by atoms with Crippen LogP contribution in [0.2, 0.25) is 0 Å². The molecule has 30 heavy (non-hydrogen) atoms. The maximum atomic E-state index is 11.3. The first-order chi connectivity index (χ1) is 14.2. The zero-order valence-corrected chi connectivity index (χ0v) is 17.3. The number of aliphatic hydroxyl groups is 1. The van der Waals surface area contributed by atoms with E-state index in [-0.39, 0.29) is 35.9 Å². The summed E-state index contributed by atoms with van der Waals surface area (Å²) in [4.78, 5) is 24.8. The molecule has 0 radical (unpaired) electrons. The molecular formula is C20H26N6O4. The van der Waals surface area contributed by atoms with Crippen molar-refractivity contribution in [2.45, 2.75) is 39.8 Å². The summed E-state index contributed by atoms with van der Waals surface area (Å²) >= 11 is 0. The highest BCUT2D eigenvalue weighted by atomic mass is 16.4. The fourth-order valence-corrected chi connectivity index (χ4v) is 2.96. The Bertz CT molecular complexity index is 1060. The summed E-state index contributed by atoms with van der Waals surface area (Å²) in [7, 11) is 0. The molecule has 0 spiro atoms. The number of aromatic carboxylic acids is 1. The van der Waals surface area contributed by atoms with Crippen LogP contribution < -0.4 is 10.6 Å². The number of aliphatic hydroxyl groups excluding tert-OH is 1. The van der Waals surface area contributed by atoms with Crippen LogP contribution in [0.5, 0.6) is 5.75 Å². The fourth-order valence-electron chi connectivity index (χ4n) is 2.96. The van der Waals surface area contributed by atoms with E-state index < -0.39 is 5.97 Å². The van der Waals surface area contributed by atoms with Gasteiger partial charge in [-0.15, -0.1) is 0 Å². The van der Waals surface area contributed by atoms with Gasteiger partial charge in [-0.3, -0.25) is 0 Å². The number of benzene rings is 1. The maximum Gasteiger partial charge on any atom is 0.339 e. The summed E-state index contributed by atoms with van der Waals surface area (Å²) in [5, 5.41) is 34.9. The molecule has 1 atom stereocenters. The van der Waals surface area contributed by atoms with Gasteiger partial charge in [0, 0.05) is 11.7 Å². The molecule has 10 nitrogen and oxygen atoms in total. The second-order valence-electron chi connectivity index (χ2n) is 7.65. The summed E-state index contributed by atoms with van der Waals surface area (Å²) in [5.74, 6) is -0.717. The average Bonchev–Trinajstić information content (AvgIpc) is 3.11. The van der Waals surface area contributed by atoms with E-state index in [2.05, 4.69) is 25.6 Å². The van der Waals surface area contributed by atoms with Crippen molar-refractivity contribution in [3.8, 4) is 5.75 Å². The molecule has 0 amide bonds. The SMILES string of the molecule is CC(C)C(CO)Nc1nc(Nc2ccc(O)c(C(=O)O)c2)c2ncn(C(C)C)c2n1. The first kappa shape index (κ1) is 21.3. The smallest absolute Gasteiger partial charge is 0.339 e. The highest BCUT2D eigenvalue weighted by molar-refractivity contribution is 5.93. The molecule has 0 fully saturated rings. The number of carboxylic acid groups (broad SMARTS) is 1. The minimum Gasteiger partial charge on any atom is -0.507 e. The Morgan fingerprint density at radius 2 is 1.93 bits per heavy atom. The van der Waals surface area contributed by atoms with Gasteiger partial charge in [0.1, 0.15) is 11.3 Å². The maximum absolute atomic E-state index is 11.3. The van der Waals surface area contributed by atoms with Crippen molar-refractivity contribution in [1.82, 2.24) is 19.5 Å². The number of imidazole rings is 1. The van der Waals surface area contributed by atoms with Gasteiger partial charge in [-0.1, -0.05) is 13.8 Å². The normalized spacial score (nSPS) is 12.5. The van der Waals surface area contributed by atoms with Crippen molar-refractivity contribution < 1.29 is 20.1 Å². The number of phenols is 1. The lowest BCUT2D eigenvalue weighted by molar-refractivity contribution is 0.0693. The van der Waals surface area contributed by atoms with Gasteiger partial charge in [-0.25, -0.2) is 9.78 Å². The Morgan fingerprint density at radius 1 is 1.20 bits per heavy atom. The first-order valence-corrected chi connectivity index (χ1v) is 9.66. The molecule has 0 aliphatic heterocycles. The quantitative estimate of drug-likeness (QED) is 0.351. The molecule has 0 saturated heterocycles. The zero-order valence-electron chi connectivity index (χ0n) is 17.3. The van der Waals surface area contributed by atoms with Crippen molar-refractivity contribution in [3.05, 3.63) is 30.1 Å². The summed E-state index contributed by atoms with van der Waals surface area (Å²) in [6, 6.07) is 4.04. The topological polar surface area (TPSA) is 145 Å². The second kappa shape index (κ2) is 8.54. The van der Waals surface area contributed by atoms with Crippen molar-refractivity contribution >= 4 is 34.6 Å². The lowest BCUT2D eigenvalue weighted by Crippen LogP contribution is -2.30. The number of aromatic hydroxyl groups is 1. The number of hydrogen-bond donors (Lipinski definition) is 5. The molecule has 3 rings (SSSR count). The van der Waals surface area contributed by atoms with E-state index >= 15 is 0 Å². The second-order valence-corrected chi connectivity index (χ2v) is 7.65. The number of carbonyl (C=O) groups is 1. The van der Waals surface area contributed by atoms with Gasteiger partial charge in [0.2, 0.25) is 5.95 Å². The molecule has 2 heterocycles. The minimum atomic E-state index is -1.24. The average molecular weight is 414 g/mol. The molecule has 160 valence electrons. The van der Waals surface area contributed by atoms with Gasteiger partial charge in [-0.05, 0) is 38.0 Å². The van der Waals surface area contributed by atoms with E-state index in [9.17, 15) is 20.1 Å². The molecular weight excluding hydrogens is 388 g/mol. The van der Waals surface area contributed by atoms with E-state index in [1.54, 1.807) is 12.4 Å². The lowest BCUT2D eigenvalue weighted by atomic mass is 10.1. The molecule has 0 bridgehead atoms. The molecule has 2 aromatic heterocycles. The summed E-state index contributed by atoms with van der Waals surface area (Å²) in [6.45, 7) is 7.90. The predicted molar refractivity (Wildman–Crippen MR) is 113 cm³/mol. The number of nitrogens with zero attached hydrogens (tertiary/aromatic N) is 4. The Hall–Kier alpha value is -3.40. The van der Waals surface area contributed by atoms with E-state index in [1.807, 2.05) is 32.3 Å². The number of nitrogens with one attached hydrogen (secondary N) is 2. The van der Waals surface area contributed by atoms with Crippen LogP contribution in [-0.4, -0.2) is 53.5 Å². The van der Waals surface area contributed by atoms with Crippen LogP contribution >= 0.6 is 0 Å². The Balaban J connectivity index is 2.08. The predicted octanol–water partition coefficient (Wildman–Crippen LogP) is 2.98. The molecule has 0 aliphatic rings. The Labute approximate surface area is 173 Å². The highest BCUT2D eigenvalue weighted by Gasteiger charge is 2.19. The minimum absolute atomic E-state index is 0.0782. The number of hydrogen-bond acceptors (Lipinski definition) is 8. The molecule has 0 saturated carbocycles. The summed E-state index contributed by atoms with van der Waals surface area (Å²) in [5.41, 5.74) is 1.32. The highest BCUT2D eigenvalue weighted by Crippen LogP contribution is 2.28. The summed E-state index contributed by atoms with van der Waals surface area (Å²) < 4.78 is 1.90. The van der Waals surface area contributed by atoms with Crippen LogP contribution in [0.4, 0.5) is 17.5 Å². The fraction of sp³-hybridized carbons (Fsp3) is 0.400. The standard InChI is InChI=1S/C20H26N6O4/c1-10(2)14(8-27)23-20-24-17(16-18(25-20)26(9-21-16)11(3)4)22-12-5-6-15(28)13(7-12)19(29)30/h5-7,9-11,14,27-28H,8H2,1-4H3,(H,29,30)(H2,22,23,24,25). The molecule has 1 aromatic carbocycles. The zero-order chi connectivity index (χ0) is 22.0. The van der Waals surface area contributed by atoms with Crippen LogP contribution in [0.15, 0.2) is 24.5 Å². The van der Waals surface area contributed by atoms with Crippen LogP contribution in [0.3, 0.4) is 0 Å². The van der Waals surface area contributed by atoms with Crippen LogP contribution in [0.25, 0.3) is 11.2 Å². The van der Waals surface area contributed by atoms with E-state index in [1.165, 1.54) is 12.1 Å². The number of rotatable bonds is 8.